The van der Waals surface area contributed by atoms with Gasteiger partial charge in [0.2, 0.25) is 0 Å². The van der Waals surface area contributed by atoms with Crippen LogP contribution in [0.3, 0.4) is 0 Å². The number of hydrogen-bond acceptors (Lipinski definition) is 5. The van der Waals surface area contributed by atoms with E-state index >= 15 is 0 Å². The lowest BCUT2D eigenvalue weighted by atomic mass is 9.95. The van der Waals surface area contributed by atoms with Crippen LogP contribution in [0.2, 0.25) is 0 Å². The summed E-state index contributed by atoms with van der Waals surface area (Å²) >= 11 is 3.18. The second-order valence-electron chi connectivity index (χ2n) is 6.16. The highest BCUT2D eigenvalue weighted by Crippen LogP contribution is 2.34. The van der Waals surface area contributed by atoms with E-state index in [9.17, 15) is 4.79 Å². The molecular formula is C17H19N3OS2. The normalized spacial score (nSPS) is 25.7. The Morgan fingerprint density at radius 3 is 2.96 bits per heavy atom. The summed E-state index contributed by atoms with van der Waals surface area (Å²) in [7, 11) is 0. The van der Waals surface area contributed by atoms with E-state index in [1.165, 1.54) is 24.2 Å². The average molecular weight is 345 g/mol. The maximum absolute atomic E-state index is 12.4. The summed E-state index contributed by atoms with van der Waals surface area (Å²) in [5.74, 6) is 0.0498. The van der Waals surface area contributed by atoms with Crippen LogP contribution in [0.4, 0.5) is 5.69 Å². The molecule has 2 aromatic rings. The first-order chi connectivity index (χ1) is 11.2. The molecule has 3 heterocycles. The molecule has 2 saturated heterocycles. The van der Waals surface area contributed by atoms with Crippen molar-refractivity contribution in [1.82, 2.24) is 10.6 Å². The monoisotopic (exact) mass is 345 g/mol. The summed E-state index contributed by atoms with van der Waals surface area (Å²) in [5, 5.41) is 6.74. The summed E-state index contributed by atoms with van der Waals surface area (Å²) in [4.78, 5) is 14.3. The zero-order valence-corrected chi connectivity index (χ0v) is 14.3. The van der Waals surface area contributed by atoms with Crippen LogP contribution in [-0.4, -0.2) is 24.0 Å². The highest BCUT2D eigenvalue weighted by atomic mass is 32.2. The van der Waals surface area contributed by atoms with Gasteiger partial charge in [-0.15, -0.1) is 11.3 Å². The van der Waals surface area contributed by atoms with Gasteiger partial charge in [0.05, 0.1) is 9.09 Å². The molecule has 6 heteroatoms. The lowest BCUT2D eigenvalue weighted by Crippen LogP contribution is -2.42. The topological polar surface area (TPSA) is 67.2 Å². The number of anilines is 1. The third-order valence-corrected chi connectivity index (χ3v) is 6.70. The summed E-state index contributed by atoms with van der Waals surface area (Å²) < 4.78 is 1.10. The van der Waals surface area contributed by atoms with Crippen molar-refractivity contribution in [3.63, 3.8) is 0 Å². The molecule has 2 fully saturated rings. The second kappa shape index (κ2) is 6.19. The Morgan fingerprint density at radius 1 is 1.30 bits per heavy atom. The minimum atomic E-state index is 0.0498. The molecule has 2 aliphatic heterocycles. The Hall–Kier alpha value is -1.50. The van der Waals surface area contributed by atoms with Crippen molar-refractivity contribution in [3.8, 4) is 0 Å². The highest BCUT2D eigenvalue weighted by molar-refractivity contribution is 8.01. The summed E-state index contributed by atoms with van der Waals surface area (Å²) in [6, 6.07) is 13.1. The van der Waals surface area contributed by atoms with Crippen molar-refractivity contribution in [1.29, 1.82) is 0 Å². The van der Waals surface area contributed by atoms with E-state index in [-0.39, 0.29) is 11.9 Å². The molecule has 2 bridgehead atoms. The third-order valence-electron chi connectivity index (χ3n) is 4.50. The number of thiophene rings is 1. The Balaban J connectivity index is 1.40. The first-order valence-electron chi connectivity index (χ1n) is 7.87. The van der Waals surface area contributed by atoms with Crippen molar-refractivity contribution in [3.05, 3.63) is 41.3 Å². The molecule has 120 valence electrons. The molecule has 0 radical (unpaired) electrons. The van der Waals surface area contributed by atoms with E-state index in [0.29, 0.717) is 12.1 Å². The van der Waals surface area contributed by atoms with E-state index < -0.39 is 0 Å². The maximum Gasteiger partial charge on any atom is 0.261 e. The van der Waals surface area contributed by atoms with Crippen LogP contribution in [0.25, 0.3) is 0 Å². The lowest BCUT2D eigenvalue weighted by molar-refractivity contribution is 0.0935. The standard InChI is InChI=1S/C17H19N3OS2/c18-10-2-1-3-12(8-10)22-16-7-6-15(23-16)17(21)20-14-9-11-4-5-13(14)19-11/h1-3,6-8,11,13-14,19H,4-5,9,18H2,(H,20,21). The number of nitrogens with one attached hydrogen (secondary N) is 2. The van der Waals surface area contributed by atoms with Crippen LogP contribution in [0.15, 0.2) is 45.5 Å². The molecular weight excluding hydrogens is 326 g/mol. The molecule has 4 rings (SSSR count). The number of carbonyl (C=O) groups is 1. The molecule has 1 aromatic heterocycles. The minimum absolute atomic E-state index is 0.0498. The zero-order chi connectivity index (χ0) is 15.8. The van der Waals surface area contributed by atoms with Crippen LogP contribution >= 0.6 is 23.1 Å². The summed E-state index contributed by atoms with van der Waals surface area (Å²) in [6.07, 6.45) is 3.49. The van der Waals surface area contributed by atoms with Gasteiger partial charge in [-0.1, -0.05) is 17.8 Å². The fourth-order valence-electron chi connectivity index (χ4n) is 3.41. The Labute approximate surface area is 143 Å². The number of nitrogens with two attached hydrogens (primary N) is 1. The number of hydrogen-bond donors (Lipinski definition) is 3. The van der Waals surface area contributed by atoms with Gasteiger partial charge in [0.15, 0.2) is 0 Å². The fraction of sp³-hybridized carbons (Fsp3) is 0.353. The van der Waals surface area contributed by atoms with Crippen LogP contribution in [0.5, 0.6) is 0 Å². The first kappa shape index (κ1) is 15.1. The number of amides is 1. The van der Waals surface area contributed by atoms with Crippen molar-refractivity contribution >= 4 is 34.7 Å². The molecule has 4 N–H and O–H groups in total. The molecule has 23 heavy (non-hydrogen) atoms. The molecule has 0 aliphatic carbocycles. The lowest BCUT2D eigenvalue weighted by Gasteiger charge is -2.20. The van der Waals surface area contributed by atoms with Crippen LogP contribution < -0.4 is 16.4 Å². The predicted octanol–water partition coefficient (Wildman–Crippen LogP) is 3.10. The van der Waals surface area contributed by atoms with E-state index in [4.69, 9.17) is 5.73 Å². The first-order valence-corrected chi connectivity index (χ1v) is 9.51. The van der Waals surface area contributed by atoms with Crippen molar-refractivity contribution in [2.24, 2.45) is 0 Å². The van der Waals surface area contributed by atoms with Gasteiger partial charge in [-0.05, 0) is 49.6 Å². The third kappa shape index (κ3) is 3.24. The van der Waals surface area contributed by atoms with Gasteiger partial charge >= 0.3 is 0 Å². The SMILES string of the molecule is Nc1cccc(Sc2ccc(C(=O)NC3CC4CCC3N4)s2)c1. The molecule has 4 nitrogen and oxygen atoms in total. The Bertz CT molecular complexity index is 730. The number of rotatable bonds is 4. The predicted molar refractivity (Wildman–Crippen MR) is 95.1 cm³/mol. The minimum Gasteiger partial charge on any atom is -0.399 e. The molecule has 1 amide bonds. The van der Waals surface area contributed by atoms with Gasteiger partial charge < -0.3 is 16.4 Å². The van der Waals surface area contributed by atoms with Crippen LogP contribution in [-0.2, 0) is 0 Å². The number of nitrogen functional groups attached to an aromatic ring is 1. The van der Waals surface area contributed by atoms with E-state index in [1.807, 2.05) is 36.4 Å². The molecule has 0 saturated carbocycles. The Morgan fingerprint density at radius 2 is 2.22 bits per heavy atom. The second-order valence-corrected chi connectivity index (χ2v) is 8.61. The molecule has 3 atom stereocenters. The fourth-order valence-corrected chi connectivity index (χ4v) is 5.49. The van der Waals surface area contributed by atoms with Crippen LogP contribution in [0, 0.1) is 0 Å². The van der Waals surface area contributed by atoms with Gasteiger partial charge in [0.1, 0.15) is 0 Å². The van der Waals surface area contributed by atoms with Gasteiger partial charge in [0.25, 0.3) is 5.91 Å². The summed E-state index contributed by atoms with van der Waals surface area (Å²) in [5.41, 5.74) is 6.56. The average Bonchev–Trinajstić information content (AvgIpc) is 3.23. The molecule has 1 aromatic carbocycles. The van der Waals surface area contributed by atoms with Gasteiger partial charge in [-0.2, -0.15) is 0 Å². The largest absolute Gasteiger partial charge is 0.399 e. The van der Waals surface area contributed by atoms with Gasteiger partial charge in [0, 0.05) is 28.7 Å². The van der Waals surface area contributed by atoms with Crippen molar-refractivity contribution in [2.45, 2.75) is 46.5 Å². The highest BCUT2D eigenvalue weighted by Gasteiger charge is 2.39. The van der Waals surface area contributed by atoms with E-state index in [0.717, 1.165) is 26.1 Å². The zero-order valence-electron chi connectivity index (χ0n) is 12.6. The number of carbonyl (C=O) groups excluding carboxylic acids is 1. The molecule has 3 unspecified atom stereocenters. The van der Waals surface area contributed by atoms with Crippen molar-refractivity contribution in [2.75, 3.05) is 5.73 Å². The number of benzene rings is 1. The quantitative estimate of drug-likeness (QED) is 0.745. The Kier molecular flexibility index (Phi) is 4.05. The molecule has 2 aliphatic rings. The van der Waals surface area contributed by atoms with Crippen molar-refractivity contribution < 1.29 is 4.79 Å². The van der Waals surface area contributed by atoms with Crippen LogP contribution in [0.1, 0.15) is 28.9 Å². The summed E-state index contributed by atoms with van der Waals surface area (Å²) in [6.45, 7) is 0. The maximum atomic E-state index is 12.4. The van der Waals surface area contributed by atoms with E-state index in [2.05, 4.69) is 10.6 Å². The number of fused-ring (bicyclic) bond motifs is 2. The van der Waals surface area contributed by atoms with Gasteiger partial charge in [-0.25, -0.2) is 0 Å². The van der Waals surface area contributed by atoms with Gasteiger partial charge in [-0.3, -0.25) is 4.79 Å². The molecule has 0 spiro atoms. The van der Waals surface area contributed by atoms with E-state index in [1.54, 1.807) is 11.8 Å². The smallest absolute Gasteiger partial charge is 0.261 e.